The zero-order valence-electron chi connectivity index (χ0n) is 9.40. The summed E-state index contributed by atoms with van der Waals surface area (Å²) >= 11 is 3.35. The molecule has 4 heteroatoms. The molecule has 0 unspecified atom stereocenters. The van der Waals surface area contributed by atoms with Crippen molar-refractivity contribution >= 4 is 21.9 Å². The monoisotopic (exact) mass is 286 g/mol. The Morgan fingerprint density at radius 3 is 2.75 bits per heavy atom. The summed E-state index contributed by atoms with van der Waals surface area (Å²) in [5.74, 6) is 0.347. The first-order valence-electron chi connectivity index (χ1n) is 5.26. The largest absolute Gasteiger partial charge is 0.479 e. The second-order valence-electron chi connectivity index (χ2n) is 3.22. The van der Waals surface area contributed by atoms with Gasteiger partial charge in [-0.2, -0.15) is 0 Å². The van der Waals surface area contributed by atoms with Gasteiger partial charge in [0.25, 0.3) is 0 Å². The molecule has 0 bridgehead atoms. The molecule has 0 aromatic heterocycles. The van der Waals surface area contributed by atoms with Crippen molar-refractivity contribution in [2.24, 2.45) is 0 Å². The predicted molar refractivity (Wildman–Crippen MR) is 65.5 cm³/mol. The van der Waals surface area contributed by atoms with Gasteiger partial charge in [0.15, 0.2) is 6.10 Å². The van der Waals surface area contributed by atoms with Crippen LogP contribution in [0.5, 0.6) is 5.75 Å². The van der Waals surface area contributed by atoms with Crippen LogP contribution < -0.4 is 4.74 Å². The molecule has 0 spiro atoms. The quantitative estimate of drug-likeness (QED) is 0.780. The van der Waals surface area contributed by atoms with E-state index in [1.165, 1.54) is 0 Å². The van der Waals surface area contributed by atoms with Crippen molar-refractivity contribution in [1.29, 1.82) is 0 Å². The third-order valence-electron chi connectivity index (χ3n) is 1.99. The third-order valence-corrected chi connectivity index (χ3v) is 2.49. The Labute approximate surface area is 104 Å². The zero-order chi connectivity index (χ0) is 12.0. The molecule has 1 aromatic rings. The molecule has 0 fully saturated rings. The summed E-state index contributed by atoms with van der Waals surface area (Å²) in [6.07, 6.45) is 0.0555. The molecule has 1 atom stereocenters. The molecule has 0 aliphatic carbocycles. The fourth-order valence-corrected chi connectivity index (χ4v) is 1.62. The van der Waals surface area contributed by atoms with Crippen molar-refractivity contribution in [2.75, 3.05) is 6.61 Å². The number of carbonyl (C=O) groups is 1. The van der Waals surface area contributed by atoms with Gasteiger partial charge in [-0.25, -0.2) is 4.79 Å². The molecule has 1 aromatic carbocycles. The zero-order valence-corrected chi connectivity index (χ0v) is 11.0. The Kier molecular flexibility index (Phi) is 5.32. The summed E-state index contributed by atoms with van der Waals surface area (Å²) in [4.78, 5) is 11.5. The number of hydrogen-bond donors (Lipinski definition) is 0. The number of ether oxygens (including phenoxy) is 2. The number of rotatable bonds is 5. The molecule has 0 aliphatic heterocycles. The first kappa shape index (κ1) is 13.0. The van der Waals surface area contributed by atoms with E-state index in [1.807, 2.05) is 31.2 Å². The number of halogens is 1. The molecular formula is C12H15BrO3. The van der Waals surface area contributed by atoms with Crippen LogP contribution in [0.15, 0.2) is 28.7 Å². The first-order valence-corrected chi connectivity index (χ1v) is 6.05. The molecule has 0 saturated heterocycles. The normalized spacial score (nSPS) is 11.9. The molecule has 0 radical (unpaired) electrons. The highest BCUT2D eigenvalue weighted by Gasteiger charge is 2.19. The lowest BCUT2D eigenvalue weighted by Gasteiger charge is -2.15. The van der Waals surface area contributed by atoms with Gasteiger partial charge in [-0.1, -0.05) is 28.9 Å². The molecule has 0 saturated carbocycles. The van der Waals surface area contributed by atoms with Crippen molar-refractivity contribution in [3.05, 3.63) is 28.7 Å². The molecule has 3 nitrogen and oxygen atoms in total. The van der Waals surface area contributed by atoms with Crippen LogP contribution in [0.3, 0.4) is 0 Å². The summed E-state index contributed by atoms with van der Waals surface area (Å²) in [6.45, 7) is 4.04. The van der Waals surface area contributed by atoms with Crippen LogP contribution in [0.1, 0.15) is 20.3 Å². The maximum atomic E-state index is 11.5. The van der Waals surface area contributed by atoms with Crippen LogP contribution in [-0.4, -0.2) is 18.7 Å². The van der Waals surface area contributed by atoms with Crippen molar-refractivity contribution in [1.82, 2.24) is 0 Å². The summed E-state index contributed by atoms with van der Waals surface area (Å²) in [7, 11) is 0. The minimum Gasteiger partial charge on any atom is -0.479 e. The van der Waals surface area contributed by atoms with Gasteiger partial charge >= 0.3 is 5.97 Å². The van der Waals surface area contributed by atoms with Crippen LogP contribution in [-0.2, 0) is 9.53 Å². The second-order valence-corrected chi connectivity index (χ2v) is 4.14. The van der Waals surface area contributed by atoms with Crippen LogP contribution in [0.4, 0.5) is 0 Å². The smallest absolute Gasteiger partial charge is 0.347 e. The van der Waals surface area contributed by atoms with Gasteiger partial charge in [0.1, 0.15) is 5.75 Å². The standard InChI is InChI=1S/C12H15BrO3/c1-3-11(12(14)15-4-2)16-10-7-5-6-9(13)8-10/h5-8,11H,3-4H2,1-2H3/t11-/m1/s1. The number of carbonyl (C=O) groups excluding carboxylic acids is 1. The van der Waals surface area contributed by atoms with Gasteiger partial charge in [-0.3, -0.25) is 0 Å². The summed E-state index contributed by atoms with van der Waals surface area (Å²) < 4.78 is 11.4. The molecule has 88 valence electrons. The Bertz CT molecular complexity index is 352. The summed E-state index contributed by atoms with van der Waals surface area (Å²) in [5, 5.41) is 0. The maximum absolute atomic E-state index is 11.5. The van der Waals surface area contributed by atoms with Crippen molar-refractivity contribution < 1.29 is 14.3 Å². The molecular weight excluding hydrogens is 272 g/mol. The molecule has 0 aliphatic rings. The van der Waals surface area contributed by atoms with E-state index in [0.29, 0.717) is 18.8 Å². The molecule has 16 heavy (non-hydrogen) atoms. The number of esters is 1. The summed E-state index contributed by atoms with van der Waals surface area (Å²) in [5.41, 5.74) is 0. The van der Waals surface area contributed by atoms with Crippen LogP contribution in [0.2, 0.25) is 0 Å². The summed E-state index contributed by atoms with van der Waals surface area (Å²) in [6, 6.07) is 7.39. The Hall–Kier alpha value is -1.03. The van der Waals surface area contributed by atoms with Crippen LogP contribution in [0, 0.1) is 0 Å². The van der Waals surface area contributed by atoms with Gasteiger partial charge in [0.05, 0.1) is 6.61 Å². The van der Waals surface area contributed by atoms with E-state index in [9.17, 15) is 4.79 Å². The Morgan fingerprint density at radius 2 is 2.19 bits per heavy atom. The van der Waals surface area contributed by atoms with E-state index < -0.39 is 6.10 Å². The van der Waals surface area contributed by atoms with Gasteiger partial charge in [-0.05, 0) is 31.5 Å². The fraction of sp³-hybridized carbons (Fsp3) is 0.417. The number of hydrogen-bond acceptors (Lipinski definition) is 3. The minimum absolute atomic E-state index is 0.315. The minimum atomic E-state index is -0.533. The predicted octanol–water partition coefficient (Wildman–Crippen LogP) is 3.17. The Morgan fingerprint density at radius 1 is 1.44 bits per heavy atom. The van der Waals surface area contributed by atoms with Gasteiger partial charge in [0, 0.05) is 4.47 Å². The highest BCUT2D eigenvalue weighted by Crippen LogP contribution is 2.19. The van der Waals surface area contributed by atoms with Crippen molar-refractivity contribution in [3.8, 4) is 5.75 Å². The first-order chi connectivity index (χ1) is 7.67. The number of benzene rings is 1. The third kappa shape index (κ3) is 3.85. The average molecular weight is 287 g/mol. The topological polar surface area (TPSA) is 35.5 Å². The second kappa shape index (κ2) is 6.53. The highest BCUT2D eigenvalue weighted by molar-refractivity contribution is 9.10. The van der Waals surface area contributed by atoms with Gasteiger partial charge in [0.2, 0.25) is 0 Å². The molecule has 0 amide bonds. The lowest BCUT2D eigenvalue weighted by atomic mass is 10.2. The lowest BCUT2D eigenvalue weighted by Crippen LogP contribution is -2.28. The van der Waals surface area contributed by atoms with Crippen molar-refractivity contribution in [3.63, 3.8) is 0 Å². The Balaban J connectivity index is 2.66. The highest BCUT2D eigenvalue weighted by atomic mass is 79.9. The van der Waals surface area contributed by atoms with E-state index in [-0.39, 0.29) is 5.97 Å². The fourth-order valence-electron chi connectivity index (χ4n) is 1.24. The molecule has 1 rings (SSSR count). The van der Waals surface area contributed by atoms with Gasteiger partial charge < -0.3 is 9.47 Å². The van der Waals surface area contributed by atoms with E-state index >= 15 is 0 Å². The van der Waals surface area contributed by atoms with E-state index in [0.717, 1.165) is 4.47 Å². The average Bonchev–Trinajstić information content (AvgIpc) is 2.26. The maximum Gasteiger partial charge on any atom is 0.347 e. The van der Waals surface area contributed by atoms with Crippen LogP contribution in [0.25, 0.3) is 0 Å². The van der Waals surface area contributed by atoms with Crippen LogP contribution >= 0.6 is 15.9 Å². The van der Waals surface area contributed by atoms with Crippen molar-refractivity contribution in [2.45, 2.75) is 26.4 Å². The lowest BCUT2D eigenvalue weighted by molar-refractivity contribution is -0.151. The van der Waals surface area contributed by atoms with E-state index in [1.54, 1.807) is 6.92 Å². The van der Waals surface area contributed by atoms with E-state index in [4.69, 9.17) is 9.47 Å². The SMILES string of the molecule is CCOC(=O)[C@@H](CC)Oc1cccc(Br)c1. The van der Waals surface area contributed by atoms with E-state index in [2.05, 4.69) is 15.9 Å². The molecule has 0 N–H and O–H groups in total. The van der Waals surface area contributed by atoms with Gasteiger partial charge in [-0.15, -0.1) is 0 Å². The molecule has 0 heterocycles.